The zero-order valence-corrected chi connectivity index (χ0v) is 13.5. The van der Waals surface area contributed by atoms with E-state index in [0.29, 0.717) is 66.1 Å². The van der Waals surface area contributed by atoms with Gasteiger partial charge in [0, 0.05) is 0 Å². The van der Waals surface area contributed by atoms with Crippen molar-refractivity contribution < 1.29 is 28.4 Å². The van der Waals surface area contributed by atoms with Gasteiger partial charge in [-0.2, -0.15) is 0 Å². The number of hydrogen-bond donors (Lipinski definition) is 0. The van der Waals surface area contributed by atoms with Crippen molar-refractivity contribution >= 4 is 0 Å². The van der Waals surface area contributed by atoms with Crippen LogP contribution < -0.4 is 0 Å². The molecule has 0 atom stereocenters. The fourth-order valence-corrected chi connectivity index (χ4v) is 1.74. The van der Waals surface area contributed by atoms with Gasteiger partial charge in [0.05, 0.1) is 79.3 Å². The van der Waals surface area contributed by atoms with Crippen LogP contribution in [0.25, 0.3) is 0 Å². The Morgan fingerprint density at radius 1 is 0.318 bits per heavy atom. The lowest BCUT2D eigenvalue weighted by molar-refractivity contribution is -0.0165. The molecule has 0 saturated carbocycles. The third kappa shape index (κ3) is 14.4. The molecule has 0 aromatic heterocycles. The molecular weight excluding hydrogens is 288 g/mol. The maximum atomic E-state index is 5.46. The molecule has 0 bridgehead atoms. The Morgan fingerprint density at radius 3 is 0.818 bits per heavy atom. The highest BCUT2D eigenvalue weighted by molar-refractivity contribution is 4.81. The summed E-state index contributed by atoms with van der Waals surface area (Å²) in [6.07, 6.45) is 6.09. The van der Waals surface area contributed by atoms with Crippen LogP contribution in [-0.2, 0) is 28.4 Å². The second-order valence-electron chi connectivity index (χ2n) is 4.72. The second kappa shape index (κ2) is 16.9. The van der Waals surface area contributed by atoms with Crippen molar-refractivity contribution in [1.29, 1.82) is 0 Å². The van der Waals surface area contributed by atoms with E-state index in [9.17, 15) is 0 Å². The van der Waals surface area contributed by atoms with Gasteiger partial charge in [0.25, 0.3) is 0 Å². The summed E-state index contributed by atoms with van der Waals surface area (Å²) in [5, 5.41) is 0. The van der Waals surface area contributed by atoms with E-state index in [-0.39, 0.29) is 0 Å². The molecule has 0 aromatic carbocycles. The average molecular weight is 318 g/mol. The van der Waals surface area contributed by atoms with Gasteiger partial charge in [0.2, 0.25) is 0 Å². The van der Waals surface area contributed by atoms with E-state index in [2.05, 4.69) is 12.2 Å². The fourth-order valence-electron chi connectivity index (χ4n) is 1.74. The molecule has 0 saturated heterocycles. The van der Waals surface area contributed by atoms with E-state index in [1.807, 2.05) is 0 Å². The van der Waals surface area contributed by atoms with Crippen molar-refractivity contribution in [2.45, 2.75) is 12.8 Å². The highest BCUT2D eigenvalue weighted by Crippen LogP contribution is 1.91. The number of hydrogen-bond acceptors (Lipinski definition) is 6. The molecule has 0 N–H and O–H groups in total. The van der Waals surface area contributed by atoms with Crippen molar-refractivity contribution in [2.24, 2.45) is 0 Å². The first-order chi connectivity index (χ1) is 11.0. The molecule has 22 heavy (non-hydrogen) atoms. The molecule has 0 aromatic rings. The lowest BCUT2D eigenvalue weighted by Gasteiger charge is -2.08. The van der Waals surface area contributed by atoms with Gasteiger partial charge in [0.1, 0.15) is 0 Å². The van der Waals surface area contributed by atoms with Crippen molar-refractivity contribution in [2.75, 3.05) is 79.3 Å². The Balaban J connectivity index is 2.05. The number of ether oxygens (including phenoxy) is 6. The molecule has 1 rings (SSSR count). The van der Waals surface area contributed by atoms with Crippen molar-refractivity contribution in [3.63, 3.8) is 0 Å². The normalized spacial score (nSPS) is 24.7. The van der Waals surface area contributed by atoms with Gasteiger partial charge in [-0.3, -0.25) is 0 Å². The molecule has 1 heterocycles. The van der Waals surface area contributed by atoms with E-state index >= 15 is 0 Å². The van der Waals surface area contributed by atoms with Crippen LogP contribution in [0.4, 0.5) is 0 Å². The van der Waals surface area contributed by atoms with Crippen LogP contribution in [-0.4, -0.2) is 79.3 Å². The lowest BCUT2D eigenvalue weighted by Crippen LogP contribution is -2.14. The monoisotopic (exact) mass is 318 g/mol. The Labute approximate surface area is 133 Å². The molecule has 0 radical (unpaired) electrons. The SMILES string of the molecule is C1=C/CCOCCOCCOCCOCCOCCOCC/1. The maximum absolute atomic E-state index is 5.46. The van der Waals surface area contributed by atoms with Gasteiger partial charge in [-0.05, 0) is 12.8 Å². The van der Waals surface area contributed by atoms with Crippen LogP contribution in [0.5, 0.6) is 0 Å². The van der Waals surface area contributed by atoms with Gasteiger partial charge in [-0.15, -0.1) is 0 Å². The summed E-state index contributed by atoms with van der Waals surface area (Å²) in [6.45, 7) is 7.41. The summed E-state index contributed by atoms with van der Waals surface area (Å²) in [5.74, 6) is 0. The molecule has 0 spiro atoms. The van der Waals surface area contributed by atoms with Crippen LogP contribution in [0, 0.1) is 0 Å². The summed E-state index contributed by atoms with van der Waals surface area (Å²) in [7, 11) is 0. The maximum Gasteiger partial charge on any atom is 0.0701 e. The highest BCUT2D eigenvalue weighted by Gasteiger charge is 1.94. The van der Waals surface area contributed by atoms with Crippen molar-refractivity contribution in [1.82, 2.24) is 0 Å². The van der Waals surface area contributed by atoms with Gasteiger partial charge < -0.3 is 28.4 Å². The van der Waals surface area contributed by atoms with Crippen molar-refractivity contribution in [3.05, 3.63) is 12.2 Å². The molecule has 130 valence electrons. The summed E-state index contributed by atoms with van der Waals surface area (Å²) in [4.78, 5) is 0. The topological polar surface area (TPSA) is 55.4 Å². The third-order valence-electron chi connectivity index (χ3n) is 2.88. The van der Waals surface area contributed by atoms with E-state index in [1.165, 1.54) is 0 Å². The second-order valence-corrected chi connectivity index (χ2v) is 4.72. The molecule has 0 amide bonds. The van der Waals surface area contributed by atoms with Crippen LogP contribution >= 0.6 is 0 Å². The van der Waals surface area contributed by atoms with Crippen LogP contribution in [0.1, 0.15) is 12.8 Å². The van der Waals surface area contributed by atoms with Crippen LogP contribution in [0.3, 0.4) is 0 Å². The fraction of sp³-hybridized carbons (Fsp3) is 0.875. The van der Waals surface area contributed by atoms with E-state index in [0.717, 1.165) is 26.1 Å². The first-order valence-electron chi connectivity index (χ1n) is 8.11. The zero-order chi connectivity index (χ0) is 15.6. The van der Waals surface area contributed by atoms with Gasteiger partial charge in [-0.25, -0.2) is 0 Å². The first kappa shape index (κ1) is 19.5. The predicted molar refractivity (Wildman–Crippen MR) is 83.3 cm³/mol. The summed E-state index contributed by atoms with van der Waals surface area (Å²) in [6, 6.07) is 0. The quantitative estimate of drug-likeness (QED) is 0.630. The van der Waals surface area contributed by atoms with Crippen molar-refractivity contribution in [3.8, 4) is 0 Å². The highest BCUT2D eigenvalue weighted by atomic mass is 16.6. The van der Waals surface area contributed by atoms with Gasteiger partial charge in [-0.1, -0.05) is 12.2 Å². The Morgan fingerprint density at radius 2 is 0.545 bits per heavy atom. The first-order valence-corrected chi connectivity index (χ1v) is 8.11. The van der Waals surface area contributed by atoms with Crippen LogP contribution in [0.2, 0.25) is 0 Å². The Hall–Kier alpha value is -0.500. The summed E-state index contributed by atoms with van der Waals surface area (Å²) in [5.41, 5.74) is 0. The smallest absolute Gasteiger partial charge is 0.0701 e. The minimum absolute atomic E-state index is 0.579. The molecular formula is C16H30O6. The van der Waals surface area contributed by atoms with E-state index < -0.39 is 0 Å². The minimum atomic E-state index is 0.579. The van der Waals surface area contributed by atoms with Gasteiger partial charge in [0.15, 0.2) is 0 Å². The molecule has 0 fully saturated rings. The zero-order valence-electron chi connectivity index (χ0n) is 13.5. The Kier molecular flexibility index (Phi) is 15.0. The standard InChI is InChI=1S/C16H30O6/c1-2-4-6-18-8-10-20-12-14-22-16-15-21-13-11-19-9-7-17-5-3-1/h1-2H,3-16H2/b2-1+. The molecule has 0 aliphatic carbocycles. The summed E-state index contributed by atoms with van der Waals surface area (Å²) < 4.78 is 32.5. The Bertz CT molecular complexity index is 223. The lowest BCUT2D eigenvalue weighted by atomic mass is 10.3. The molecule has 1 aliphatic rings. The molecule has 6 heteroatoms. The third-order valence-corrected chi connectivity index (χ3v) is 2.88. The number of rotatable bonds is 0. The van der Waals surface area contributed by atoms with Gasteiger partial charge >= 0.3 is 0 Å². The minimum Gasteiger partial charge on any atom is -0.379 e. The molecule has 0 unspecified atom stereocenters. The predicted octanol–water partition coefficient (Wildman–Crippen LogP) is 1.44. The van der Waals surface area contributed by atoms with E-state index in [1.54, 1.807) is 0 Å². The van der Waals surface area contributed by atoms with Crippen LogP contribution in [0.15, 0.2) is 12.2 Å². The summed E-state index contributed by atoms with van der Waals surface area (Å²) >= 11 is 0. The largest absolute Gasteiger partial charge is 0.379 e. The average Bonchev–Trinajstić information content (AvgIpc) is 2.53. The van der Waals surface area contributed by atoms with E-state index in [4.69, 9.17) is 28.4 Å². The molecule has 6 nitrogen and oxygen atoms in total. The molecule has 1 aliphatic heterocycles.